The van der Waals surface area contributed by atoms with Crippen molar-refractivity contribution >= 4 is 0 Å². The van der Waals surface area contributed by atoms with E-state index in [1.165, 1.54) is 231 Å². The predicted molar refractivity (Wildman–Crippen MR) is 495 cm³/mol. The van der Waals surface area contributed by atoms with E-state index in [9.17, 15) is 0 Å². The zero-order valence-electron chi connectivity index (χ0n) is 83.1. The summed E-state index contributed by atoms with van der Waals surface area (Å²) in [5.74, 6) is 14.2. The Morgan fingerprint density at radius 2 is 0.598 bits per heavy atom. The molecular weight excluding hydrogens is 1230 g/mol. The first-order chi connectivity index (χ1) is 46.9. The molecule has 0 spiro atoms. The lowest BCUT2D eigenvalue weighted by Crippen LogP contribution is -2.18. The highest BCUT2D eigenvalue weighted by Crippen LogP contribution is 2.33. The molecule has 0 heteroatoms. The Balaban J connectivity index is -0.0000000851. The third-order valence-corrected chi connectivity index (χ3v) is 21.8. The van der Waals surface area contributed by atoms with Crippen molar-refractivity contribution < 1.29 is 0 Å². The average Bonchev–Trinajstić information content (AvgIpc) is 1.22. The minimum Gasteiger partial charge on any atom is -0.0654 e. The summed E-state index contributed by atoms with van der Waals surface area (Å²) in [6.45, 7) is 107. The molecule has 636 valence electrons. The maximum absolute atomic E-state index is 2.34. The van der Waals surface area contributed by atoms with Crippen LogP contribution in [0.5, 0.6) is 0 Å². The lowest BCUT2D eigenvalue weighted by atomic mass is 9.77. The fourth-order valence-corrected chi connectivity index (χ4v) is 10.6. The van der Waals surface area contributed by atoms with Gasteiger partial charge in [0.2, 0.25) is 0 Å². The van der Waals surface area contributed by atoms with Crippen molar-refractivity contribution in [3.8, 4) is 0 Å². The second-order valence-electron chi connectivity index (χ2n) is 40.1. The third kappa shape index (κ3) is 146. The van der Waals surface area contributed by atoms with Crippen LogP contribution >= 0.6 is 0 Å². The topological polar surface area (TPSA) is 0 Å². The van der Waals surface area contributed by atoms with Gasteiger partial charge in [0.05, 0.1) is 0 Å². The van der Waals surface area contributed by atoms with E-state index in [1.54, 1.807) is 0 Å². The first kappa shape index (κ1) is 128. The van der Waals surface area contributed by atoms with Crippen LogP contribution in [0.4, 0.5) is 0 Å². The van der Waals surface area contributed by atoms with Crippen molar-refractivity contribution in [2.45, 2.75) is 557 Å². The highest BCUT2D eigenvalue weighted by atomic mass is 14.3. The highest BCUT2D eigenvalue weighted by molar-refractivity contribution is 4.72. The van der Waals surface area contributed by atoms with Crippen LogP contribution in [0, 0.1) is 110 Å². The van der Waals surface area contributed by atoms with Gasteiger partial charge in [-0.15, -0.1) is 0 Å². The molecule has 3 aliphatic carbocycles. The second-order valence-corrected chi connectivity index (χ2v) is 40.1. The molecule has 0 aliphatic heterocycles. The highest BCUT2D eigenvalue weighted by Gasteiger charge is 2.21. The van der Waals surface area contributed by atoms with Crippen LogP contribution in [0.1, 0.15) is 557 Å². The van der Waals surface area contributed by atoms with Crippen LogP contribution in [0.25, 0.3) is 0 Å². The minimum absolute atomic E-state index is 0.500. The number of hydrogen-bond acceptors (Lipinski definition) is 0. The lowest BCUT2D eigenvalue weighted by molar-refractivity contribution is 0.219. The average molecular weight is 1450 g/mol. The normalized spacial score (nSPS) is 16.6. The Morgan fingerprint density at radius 1 is 0.304 bits per heavy atom. The van der Waals surface area contributed by atoms with Crippen molar-refractivity contribution in [1.29, 1.82) is 0 Å². The molecule has 2 unspecified atom stereocenters. The Labute approximate surface area is 663 Å². The molecule has 0 aromatic heterocycles. The molecule has 3 saturated carbocycles. The molecular formula is C102H228. The third-order valence-electron chi connectivity index (χ3n) is 21.8. The maximum atomic E-state index is 2.34. The summed E-state index contributed by atoms with van der Waals surface area (Å²) in [4.78, 5) is 0. The molecule has 102 heavy (non-hydrogen) atoms. The first-order valence-electron chi connectivity index (χ1n) is 46.9. The van der Waals surface area contributed by atoms with Gasteiger partial charge in [0, 0.05) is 0 Å². The first-order valence-corrected chi connectivity index (χ1v) is 46.9. The predicted octanol–water partition coefficient (Wildman–Crippen LogP) is 40.0. The summed E-state index contributed by atoms with van der Waals surface area (Å²) in [6.07, 6.45) is 49.9. The molecule has 0 aromatic rings. The van der Waals surface area contributed by atoms with E-state index in [0.29, 0.717) is 21.7 Å². The van der Waals surface area contributed by atoms with Crippen LogP contribution in [0.15, 0.2) is 0 Å². The summed E-state index contributed by atoms with van der Waals surface area (Å²) in [5, 5.41) is 0. The monoisotopic (exact) mass is 1450 g/mol. The fourth-order valence-electron chi connectivity index (χ4n) is 10.6. The van der Waals surface area contributed by atoms with Gasteiger partial charge < -0.3 is 0 Å². The van der Waals surface area contributed by atoms with E-state index in [4.69, 9.17) is 0 Å². The van der Waals surface area contributed by atoms with E-state index in [1.807, 2.05) is 0 Å². The molecule has 3 rings (SSSR count). The summed E-state index contributed by atoms with van der Waals surface area (Å²) < 4.78 is 0. The number of unbranched alkanes of at least 4 members (excludes halogenated alkanes) is 6. The van der Waals surface area contributed by atoms with Crippen molar-refractivity contribution in [3.63, 3.8) is 0 Å². The molecule has 3 fully saturated rings. The quantitative estimate of drug-likeness (QED) is 0.0719. The summed E-state index contributed by atoms with van der Waals surface area (Å²) in [7, 11) is 0. The van der Waals surface area contributed by atoms with Crippen molar-refractivity contribution in [2.24, 2.45) is 110 Å². The second kappa shape index (κ2) is 91.6. The van der Waals surface area contributed by atoms with Gasteiger partial charge in [-0.3, -0.25) is 0 Å². The minimum atomic E-state index is 0.500. The van der Waals surface area contributed by atoms with Crippen molar-refractivity contribution in [2.75, 3.05) is 0 Å². The smallest absolute Gasteiger partial charge is 0.0359 e. The molecule has 0 saturated heterocycles. The van der Waals surface area contributed by atoms with Crippen LogP contribution in [0.3, 0.4) is 0 Å². The molecule has 0 N–H and O–H groups in total. The van der Waals surface area contributed by atoms with Crippen molar-refractivity contribution in [1.82, 2.24) is 0 Å². The maximum Gasteiger partial charge on any atom is -0.0359 e. The Hall–Kier alpha value is 0. The van der Waals surface area contributed by atoms with Gasteiger partial charge in [0.25, 0.3) is 0 Å². The van der Waals surface area contributed by atoms with E-state index in [2.05, 4.69) is 325 Å². The standard InChI is InChI=1S/12C7H16.3C6H12/c1-6(2)7(3,4)5;1-6(2)5-7(3)4;2*1-5-6-7(2,3)4;1-5-7(3,4)6-2;1-5-7(4)6(2)3;2*1-4-5-6-7(2)3;2*1-4-6-7(3)5-2;1-4-7(5-2)6-3;1-3-5-7-6-4-2;1-5-3-6(2)4-5;1-5-3-4-6(5)2;1-6-4-2-3-5-6/h6H,1-5H3;6-7H,5H2,1-4H3;3*5-6H2,1-4H3;6-7H,5H2,1-4H3;5*7H,4-6H2,1-3H3;3-7H2,1-2H3;2*5-6H,3-4H2,1-2H3;6H,2-5H2,1H3/t;;;;;7-;;;7-;;;;;5-,6?;/m.....0..1....1./s1. The van der Waals surface area contributed by atoms with E-state index in [0.717, 1.165) is 88.8 Å². The van der Waals surface area contributed by atoms with Crippen molar-refractivity contribution in [3.05, 3.63) is 0 Å². The van der Waals surface area contributed by atoms with Gasteiger partial charge in [-0.2, -0.15) is 0 Å². The molecule has 0 radical (unpaired) electrons. The molecule has 5 atom stereocenters. The molecule has 0 nitrogen and oxygen atoms in total. The summed E-state index contributed by atoms with van der Waals surface area (Å²) in [5.41, 5.74) is 2.18. The lowest BCUT2D eigenvalue weighted by Gasteiger charge is -2.29. The van der Waals surface area contributed by atoms with Gasteiger partial charge in [-0.05, 0) is 143 Å². The number of rotatable bonds is 27. The van der Waals surface area contributed by atoms with Crippen LogP contribution in [0.2, 0.25) is 0 Å². The summed E-state index contributed by atoms with van der Waals surface area (Å²) >= 11 is 0. The van der Waals surface area contributed by atoms with E-state index < -0.39 is 0 Å². The van der Waals surface area contributed by atoms with E-state index >= 15 is 0 Å². The Kier molecular flexibility index (Phi) is 115. The van der Waals surface area contributed by atoms with Crippen LogP contribution in [-0.2, 0) is 0 Å². The zero-order valence-corrected chi connectivity index (χ0v) is 83.1. The van der Waals surface area contributed by atoms with Gasteiger partial charge in [0.15, 0.2) is 0 Å². The SMILES string of the molecule is CC(C)C(C)(C)C.CC(C)CC(C)C.CC1CC(C)C1.CC1CCCC1.CC1CC[C@H]1C.CCC(C)(C)CC.CCC(CC)CC.CCCC(C)(C)C.CCCC(C)(C)C.CCCC(C)CC.CCCCC(C)C.CCCCC(C)C.CCCCCCC.CCC[C@H](C)CC.CC[C@H](C)C(C)C. The van der Waals surface area contributed by atoms with Gasteiger partial charge in [-0.25, -0.2) is 0 Å². The largest absolute Gasteiger partial charge is 0.0654 e. The van der Waals surface area contributed by atoms with Crippen LogP contribution in [-0.4, -0.2) is 0 Å². The fraction of sp³-hybridized carbons (Fsp3) is 1.00. The van der Waals surface area contributed by atoms with Gasteiger partial charge in [0.1, 0.15) is 0 Å². The molecule has 0 heterocycles. The van der Waals surface area contributed by atoms with Gasteiger partial charge in [-0.1, -0.05) is 524 Å². The molecule has 0 aromatic carbocycles. The Morgan fingerprint density at radius 3 is 0.647 bits per heavy atom. The molecule has 0 amide bonds. The number of hydrogen-bond donors (Lipinski definition) is 0. The van der Waals surface area contributed by atoms with E-state index in [-0.39, 0.29) is 0 Å². The van der Waals surface area contributed by atoms with Crippen LogP contribution < -0.4 is 0 Å². The Bertz CT molecular complexity index is 1270. The summed E-state index contributed by atoms with van der Waals surface area (Å²) in [6, 6.07) is 0. The molecule has 3 aliphatic rings. The molecule has 0 bridgehead atoms. The zero-order chi connectivity index (χ0) is 83.1. The van der Waals surface area contributed by atoms with Gasteiger partial charge >= 0.3 is 0 Å².